The third-order valence-electron chi connectivity index (χ3n) is 3.18. The monoisotopic (exact) mass is 246 g/mol. The van der Waals surface area contributed by atoms with E-state index in [-0.39, 0.29) is 6.04 Å². The predicted octanol–water partition coefficient (Wildman–Crippen LogP) is 2.27. The number of ether oxygens (including phenoxy) is 2. The molecule has 4 heteroatoms. The molecule has 1 aliphatic carbocycles. The molecule has 1 saturated carbocycles. The van der Waals surface area contributed by atoms with Crippen molar-refractivity contribution in [2.75, 3.05) is 20.8 Å². The fourth-order valence-corrected chi connectivity index (χ4v) is 1.97. The van der Waals surface area contributed by atoms with Crippen LogP contribution in [-0.4, -0.2) is 20.8 Å². The molecule has 0 bridgehead atoms. The van der Waals surface area contributed by atoms with Crippen LogP contribution in [0.25, 0.3) is 0 Å². The van der Waals surface area contributed by atoms with Crippen LogP contribution in [0.4, 0.5) is 0 Å². The van der Waals surface area contributed by atoms with E-state index in [1.807, 2.05) is 18.2 Å². The van der Waals surface area contributed by atoms with Gasteiger partial charge in [-0.05, 0) is 31.4 Å². The lowest BCUT2D eigenvalue weighted by atomic mass is 10.1. The van der Waals surface area contributed by atoms with Crippen LogP contribution in [0, 0.1) is 17.2 Å². The van der Waals surface area contributed by atoms with Crippen molar-refractivity contribution in [3.05, 3.63) is 23.8 Å². The number of hydrogen-bond acceptors (Lipinski definition) is 4. The molecule has 2 rings (SSSR count). The van der Waals surface area contributed by atoms with Gasteiger partial charge in [0.15, 0.2) is 11.5 Å². The summed E-state index contributed by atoms with van der Waals surface area (Å²) in [6, 6.07) is 7.53. The molecule has 0 aliphatic heterocycles. The van der Waals surface area contributed by atoms with Gasteiger partial charge in [-0.1, -0.05) is 12.1 Å². The molecular weight excluding hydrogens is 228 g/mol. The second kappa shape index (κ2) is 5.74. The van der Waals surface area contributed by atoms with Crippen molar-refractivity contribution in [2.45, 2.75) is 18.9 Å². The minimum Gasteiger partial charge on any atom is -0.493 e. The molecule has 1 atom stereocenters. The molecule has 1 aliphatic rings. The van der Waals surface area contributed by atoms with Crippen LogP contribution in [0.2, 0.25) is 0 Å². The number of methoxy groups -OCH3 is 2. The van der Waals surface area contributed by atoms with Crippen molar-refractivity contribution >= 4 is 0 Å². The van der Waals surface area contributed by atoms with E-state index in [9.17, 15) is 5.26 Å². The van der Waals surface area contributed by atoms with Crippen LogP contribution in [0.5, 0.6) is 11.5 Å². The molecule has 0 radical (unpaired) electrons. The van der Waals surface area contributed by atoms with Crippen LogP contribution in [0.15, 0.2) is 18.2 Å². The molecule has 1 unspecified atom stereocenters. The molecule has 0 spiro atoms. The van der Waals surface area contributed by atoms with Crippen molar-refractivity contribution < 1.29 is 9.47 Å². The average Bonchev–Trinajstić information content (AvgIpc) is 3.23. The molecule has 1 aromatic rings. The van der Waals surface area contributed by atoms with E-state index in [4.69, 9.17) is 9.47 Å². The van der Waals surface area contributed by atoms with Crippen LogP contribution in [0.1, 0.15) is 24.4 Å². The Morgan fingerprint density at radius 1 is 1.39 bits per heavy atom. The molecule has 18 heavy (non-hydrogen) atoms. The predicted molar refractivity (Wildman–Crippen MR) is 68.6 cm³/mol. The summed E-state index contributed by atoms with van der Waals surface area (Å²) >= 11 is 0. The molecule has 0 amide bonds. The first kappa shape index (κ1) is 12.7. The minimum atomic E-state index is -0.351. The topological polar surface area (TPSA) is 54.3 Å². The number of para-hydroxylation sites is 1. The highest BCUT2D eigenvalue weighted by molar-refractivity contribution is 5.49. The normalized spacial score (nSPS) is 15.8. The van der Waals surface area contributed by atoms with E-state index >= 15 is 0 Å². The lowest BCUT2D eigenvalue weighted by Gasteiger charge is -2.17. The van der Waals surface area contributed by atoms with Gasteiger partial charge < -0.3 is 9.47 Å². The largest absolute Gasteiger partial charge is 0.493 e. The van der Waals surface area contributed by atoms with Crippen molar-refractivity contribution in [2.24, 2.45) is 5.92 Å². The Bertz CT molecular complexity index is 450. The molecule has 0 aromatic heterocycles. The molecule has 1 N–H and O–H groups in total. The van der Waals surface area contributed by atoms with E-state index in [1.165, 1.54) is 12.8 Å². The lowest BCUT2D eigenvalue weighted by molar-refractivity contribution is 0.349. The summed E-state index contributed by atoms with van der Waals surface area (Å²) in [5, 5.41) is 12.6. The zero-order valence-corrected chi connectivity index (χ0v) is 10.8. The van der Waals surface area contributed by atoms with Gasteiger partial charge >= 0.3 is 0 Å². The second-order valence-corrected chi connectivity index (χ2v) is 4.50. The van der Waals surface area contributed by atoms with Crippen molar-refractivity contribution in [3.63, 3.8) is 0 Å². The number of nitriles is 1. The van der Waals surface area contributed by atoms with Gasteiger partial charge in [0.05, 0.1) is 20.3 Å². The first-order valence-corrected chi connectivity index (χ1v) is 6.14. The SMILES string of the molecule is COc1cccc(C(C#N)NCC2CC2)c1OC. The minimum absolute atomic E-state index is 0.351. The van der Waals surface area contributed by atoms with Crippen molar-refractivity contribution in [3.8, 4) is 17.6 Å². The maximum atomic E-state index is 9.29. The Labute approximate surface area is 108 Å². The highest BCUT2D eigenvalue weighted by Crippen LogP contribution is 2.35. The van der Waals surface area contributed by atoms with E-state index in [0.717, 1.165) is 18.0 Å². The smallest absolute Gasteiger partial charge is 0.166 e. The molecule has 1 fully saturated rings. The lowest BCUT2D eigenvalue weighted by Crippen LogP contribution is -2.22. The molecular formula is C14H18N2O2. The van der Waals surface area contributed by atoms with Gasteiger partial charge in [-0.2, -0.15) is 5.26 Å². The number of rotatable bonds is 6. The molecule has 0 saturated heterocycles. The summed E-state index contributed by atoms with van der Waals surface area (Å²) in [5.74, 6) is 2.02. The summed E-state index contributed by atoms with van der Waals surface area (Å²) in [6.07, 6.45) is 2.53. The van der Waals surface area contributed by atoms with Gasteiger partial charge in [0.25, 0.3) is 0 Å². The van der Waals surface area contributed by atoms with Gasteiger partial charge in [0, 0.05) is 5.56 Å². The maximum Gasteiger partial charge on any atom is 0.166 e. The van der Waals surface area contributed by atoms with Gasteiger partial charge in [-0.3, -0.25) is 5.32 Å². The Hall–Kier alpha value is -1.73. The van der Waals surface area contributed by atoms with Crippen LogP contribution in [-0.2, 0) is 0 Å². The van der Waals surface area contributed by atoms with Gasteiger partial charge in [-0.15, -0.1) is 0 Å². The summed E-state index contributed by atoms with van der Waals surface area (Å²) in [7, 11) is 3.19. The molecule has 4 nitrogen and oxygen atoms in total. The van der Waals surface area contributed by atoms with Crippen LogP contribution in [0.3, 0.4) is 0 Å². The third kappa shape index (κ3) is 2.74. The zero-order chi connectivity index (χ0) is 13.0. The third-order valence-corrected chi connectivity index (χ3v) is 3.18. The van der Waals surface area contributed by atoms with E-state index in [1.54, 1.807) is 14.2 Å². The van der Waals surface area contributed by atoms with E-state index in [0.29, 0.717) is 11.5 Å². The Kier molecular flexibility index (Phi) is 4.06. The molecule has 0 heterocycles. The Morgan fingerprint density at radius 2 is 2.17 bits per heavy atom. The standard InChI is InChI=1S/C14H18N2O2/c1-17-13-5-3-4-11(14(13)18-2)12(8-15)16-9-10-6-7-10/h3-5,10,12,16H,6-7,9H2,1-2H3. The summed E-state index contributed by atoms with van der Waals surface area (Å²) in [4.78, 5) is 0. The number of benzene rings is 1. The maximum absolute atomic E-state index is 9.29. The van der Waals surface area contributed by atoms with E-state index < -0.39 is 0 Å². The zero-order valence-electron chi connectivity index (χ0n) is 10.8. The quantitative estimate of drug-likeness (QED) is 0.836. The number of hydrogen-bond donors (Lipinski definition) is 1. The van der Waals surface area contributed by atoms with Gasteiger partial charge in [-0.25, -0.2) is 0 Å². The molecule has 1 aromatic carbocycles. The summed E-state index contributed by atoms with van der Waals surface area (Å²) in [6.45, 7) is 0.887. The first-order valence-electron chi connectivity index (χ1n) is 6.14. The van der Waals surface area contributed by atoms with Crippen molar-refractivity contribution in [1.82, 2.24) is 5.32 Å². The first-order chi connectivity index (χ1) is 8.80. The van der Waals surface area contributed by atoms with Crippen LogP contribution < -0.4 is 14.8 Å². The second-order valence-electron chi connectivity index (χ2n) is 4.50. The van der Waals surface area contributed by atoms with Crippen molar-refractivity contribution in [1.29, 1.82) is 5.26 Å². The average molecular weight is 246 g/mol. The van der Waals surface area contributed by atoms with Gasteiger partial charge in [0.1, 0.15) is 6.04 Å². The van der Waals surface area contributed by atoms with E-state index in [2.05, 4.69) is 11.4 Å². The fraction of sp³-hybridized carbons (Fsp3) is 0.500. The molecule has 96 valence electrons. The highest BCUT2D eigenvalue weighted by Gasteiger charge is 2.24. The highest BCUT2D eigenvalue weighted by atomic mass is 16.5. The summed E-state index contributed by atoms with van der Waals surface area (Å²) < 4.78 is 10.6. The Morgan fingerprint density at radius 3 is 2.72 bits per heavy atom. The fourth-order valence-electron chi connectivity index (χ4n) is 1.97. The summed E-state index contributed by atoms with van der Waals surface area (Å²) in [5.41, 5.74) is 0.833. The van der Waals surface area contributed by atoms with Crippen LogP contribution >= 0.6 is 0 Å². The Balaban J connectivity index is 2.20. The van der Waals surface area contributed by atoms with Gasteiger partial charge in [0.2, 0.25) is 0 Å². The number of nitrogens with one attached hydrogen (secondary N) is 1. The number of nitrogens with zero attached hydrogens (tertiary/aromatic N) is 1.